The summed E-state index contributed by atoms with van der Waals surface area (Å²) in [5.74, 6) is -0.0716. The Morgan fingerprint density at radius 1 is 1.62 bits per heavy atom. The summed E-state index contributed by atoms with van der Waals surface area (Å²) in [6, 6.07) is 6.81. The summed E-state index contributed by atoms with van der Waals surface area (Å²) in [5.41, 5.74) is 1.03. The van der Waals surface area contributed by atoms with Crippen LogP contribution in [0.2, 0.25) is 5.02 Å². The van der Waals surface area contributed by atoms with Crippen molar-refractivity contribution in [1.29, 1.82) is 5.26 Å². The molecule has 1 aromatic rings. The molecule has 0 heterocycles. The van der Waals surface area contributed by atoms with Gasteiger partial charge in [0.2, 0.25) is 5.91 Å². The number of amides is 1. The summed E-state index contributed by atoms with van der Waals surface area (Å²) >= 11 is 5.85. The van der Waals surface area contributed by atoms with Crippen molar-refractivity contribution in [2.45, 2.75) is 20.3 Å². The van der Waals surface area contributed by atoms with Gasteiger partial charge in [-0.3, -0.25) is 4.79 Å². The Morgan fingerprint density at radius 2 is 2.31 bits per heavy atom. The summed E-state index contributed by atoms with van der Waals surface area (Å²) < 4.78 is 0. The normalized spacial score (nSPS) is 11.6. The Bertz CT molecular complexity index is 437. The van der Waals surface area contributed by atoms with Gasteiger partial charge in [-0.1, -0.05) is 25.4 Å². The fraction of sp³-hybridized carbons (Fsp3) is 0.333. The van der Waals surface area contributed by atoms with Gasteiger partial charge in [-0.15, -0.1) is 0 Å². The van der Waals surface area contributed by atoms with Crippen LogP contribution in [0.4, 0.5) is 5.69 Å². The third kappa shape index (κ3) is 2.98. The molecule has 0 saturated carbocycles. The second-order valence-electron chi connectivity index (χ2n) is 3.60. The highest BCUT2D eigenvalue weighted by molar-refractivity contribution is 6.32. The van der Waals surface area contributed by atoms with E-state index in [4.69, 9.17) is 16.9 Å². The monoisotopic (exact) mass is 236 g/mol. The van der Waals surface area contributed by atoms with Crippen LogP contribution in [0.5, 0.6) is 0 Å². The van der Waals surface area contributed by atoms with Gasteiger partial charge in [0, 0.05) is 11.6 Å². The molecule has 0 bridgehead atoms. The van der Waals surface area contributed by atoms with Crippen LogP contribution < -0.4 is 5.32 Å². The van der Waals surface area contributed by atoms with E-state index >= 15 is 0 Å². The molecule has 1 aromatic carbocycles. The van der Waals surface area contributed by atoms with Crippen LogP contribution in [-0.4, -0.2) is 5.91 Å². The second kappa shape index (κ2) is 5.53. The lowest BCUT2D eigenvalue weighted by molar-refractivity contribution is -0.119. The minimum Gasteiger partial charge on any atom is -0.326 e. The topological polar surface area (TPSA) is 52.9 Å². The number of benzene rings is 1. The van der Waals surface area contributed by atoms with Crippen molar-refractivity contribution in [3.8, 4) is 6.07 Å². The van der Waals surface area contributed by atoms with Gasteiger partial charge in [0.25, 0.3) is 0 Å². The minimum atomic E-state index is -0.0386. The predicted molar refractivity (Wildman–Crippen MR) is 64.3 cm³/mol. The third-order valence-electron chi connectivity index (χ3n) is 2.42. The molecule has 1 amide bonds. The maximum absolute atomic E-state index is 11.6. The molecule has 0 aliphatic heterocycles. The Morgan fingerprint density at radius 3 is 2.81 bits per heavy atom. The number of carbonyl (C=O) groups excluding carboxylic acids is 1. The molecule has 0 radical (unpaired) electrons. The lowest BCUT2D eigenvalue weighted by Gasteiger charge is -2.10. The first-order valence-corrected chi connectivity index (χ1v) is 5.46. The van der Waals surface area contributed by atoms with Crippen molar-refractivity contribution in [2.75, 3.05) is 5.32 Å². The van der Waals surface area contributed by atoms with Crippen LogP contribution in [0.15, 0.2) is 18.2 Å². The zero-order valence-electron chi connectivity index (χ0n) is 9.25. The molecule has 1 unspecified atom stereocenters. The van der Waals surface area contributed by atoms with Crippen molar-refractivity contribution in [3.63, 3.8) is 0 Å². The fourth-order valence-corrected chi connectivity index (χ4v) is 1.36. The largest absolute Gasteiger partial charge is 0.326 e. The fourth-order valence-electron chi connectivity index (χ4n) is 1.13. The molecule has 16 heavy (non-hydrogen) atoms. The number of carbonyl (C=O) groups is 1. The van der Waals surface area contributed by atoms with Crippen LogP contribution in [0, 0.1) is 17.2 Å². The highest BCUT2D eigenvalue weighted by Crippen LogP contribution is 2.20. The van der Waals surface area contributed by atoms with E-state index in [2.05, 4.69) is 5.32 Å². The first-order chi connectivity index (χ1) is 7.58. The van der Waals surface area contributed by atoms with E-state index in [1.807, 2.05) is 19.9 Å². The zero-order valence-corrected chi connectivity index (χ0v) is 10.0. The first-order valence-electron chi connectivity index (χ1n) is 5.09. The van der Waals surface area contributed by atoms with E-state index in [-0.39, 0.29) is 11.8 Å². The molecule has 0 saturated heterocycles. The van der Waals surface area contributed by atoms with E-state index in [9.17, 15) is 4.79 Å². The molecule has 0 aliphatic rings. The smallest absolute Gasteiger partial charge is 0.227 e. The number of halogens is 1. The van der Waals surface area contributed by atoms with Gasteiger partial charge in [0.15, 0.2) is 0 Å². The molecular formula is C12H13ClN2O. The lowest BCUT2D eigenvalue weighted by Crippen LogP contribution is -2.19. The lowest BCUT2D eigenvalue weighted by atomic mass is 10.1. The minimum absolute atomic E-state index is 0.0329. The Kier molecular flexibility index (Phi) is 4.33. The third-order valence-corrected chi connectivity index (χ3v) is 2.73. The SMILES string of the molecule is CCC(C)C(=O)Nc1ccc(C#N)c(Cl)c1. The van der Waals surface area contributed by atoms with Gasteiger partial charge in [0.1, 0.15) is 6.07 Å². The van der Waals surface area contributed by atoms with Gasteiger partial charge in [-0.25, -0.2) is 0 Å². The van der Waals surface area contributed by atoms with Gasteiger partial charge >= 0.3 is 0 Å². The van der Waals surface area contributed by atoms with E-state index in [0.717, 1.165) is 6.42 Å². The molecular weight excluding hydrogens is 224 g/mol. The predicted octanol–water partition coefficient (Wildman–Crippen LogP) is 3.20. The second-order valence-corrected chi connectivity index (χ2v) is 4.01. The molecule has 0 aliphatic carbocycles. The molecule has 0 aromatic heterocycles. The van der Waals surface area contributed by atoms with Crippen molar-refractivity contribution in [2.24, 2.45) is 5.92 Å². The molecule has 1 rings (SSSR count). The maximum atomic E-state index is 11.6. The van der Waals surface area contributed by atoms with Gasteiger partial charge in [-0.05, 0) is 24.6 Å². The van der Waals surface area contributed by atoms with E-state index in [1.165, 1.54) is 0 Å². The molecule has 1 N–H and O–H groups in total. The highest BCUT2D eigenvalue weighted by Gasteiger charge is 2.11. The van der Waals surface area contributed by atoms with Gasteiger partial charge in [-0.2, -0.15) is 5.26 Å². The van der Waals surface area contributed by atoms with Crippen molar-refractivity contribution < 1.29 is 4.79 Å². The first kappa shape index (κ1) is 12.5. The van der Waals surface area contributed by atoms with Crippen molar-refractivity contribution in [1.82, 2.24) is 0 Å². The van der Waals surface area contributed by atoms with Gasteiger partial charge < -0.3 is 5.32 Å². The van der Waals surface area contributed by atoms with Crippen LogP contribution in [0.25, 0.3) is 0 Å². The Labute approximate surface area is 100 Å². The molecule has 1 atom stereocenters. The van der Waals surface area contributed by atoms with Crippen LogP contribution in [0.1, 0.15) is 25.8 Å². The van der Waals surface area contributed by atoms with Crippen molar-refractivity contribution >= 4 is 23.2 Å². The summed E-state index contributed by atoms with van der Waals surface area (Å²) in [7, 11) is 0. The summed E-state index contributed by atoms with van der Waals surface area (Å²) in [6.45, 7) is 3.82. The molecule has 4 heteroatoms. The average molecular weight is 237 g/mol. The number of nitriles is 1. The average Bonchev–Trinajstić information content (AvgIpc) is 2.28. The van der Waals surface area contributed by atoms with E-state index < -0.39 is 0 Å². The zero-order chi connectivity index (χ0) is 12.1. The standard InChI is InChI=1S/C12H13ClN2O/c1-3-8(2)12(16)15-10-5-4-9(7-14)11(13)6-10/h4-6,8H,3H2,1-2H3,(H,15,16). The molecule has 0 fully saturated rings. The number of nitrogens with zero attached hydrogens (tertiary/aromatic N) is 1. The molecule has 3 nitrogen and oxygen atoms in total. The number of nitrogens with one attached hydrogen (secondary N) is 1. The van der Waals surface area contributed by atoms with Crippen molar-refractivity contribution in [3.05, 3.63) is 28.8 Å². The van der Waals surface area contributed by atoms with Crippen LogP contribution in [0.3, 0.4) is 0 Å². The van der Waals surface area contributed by atoms with Crippen LogP contribution in [-0.2, 0) is 4.79 Å². The Balaban J connectivity index is 2.80. The molecule has 0 spiro atoms. The molecule has 84 valence electrons. The maximum Gasteiger partial charge on any atom is 0.227 e. The van der Waals surface area contributed by atoms with Gasteiger partial charge in [0.05, 0.1) is 10.6 Å². The number of anilines is 1. The Hall–Kier alpha value is -1.53. The quantitative estimate of drug-likeness (QED) is 0.876. The van der Waals surface area contributed by atoms with E-state index in [1.54, 1.807) is 18.2 Å². The summed E-state index contributed by atoms with van der Waals surface area (Å²) in [6.07, 6.45) is 0.788. The van der Waals surface area contributed by atoms with Crippen LogP contribution >= 0.6 is 11.6 Å². The van der Waals surface area contributed by atoms with E-state index in [0.29, 0.717) is 16.3 Å². The summed E-state index contributed by atoms with van der Waals surface area (Å²) in [5, 5.41) is 11.8. The highest BCUT2D eigenvalue weighted by atomic mass is 35.5. The number of hydrogen-bond acceptors (Lipinski definition) is 2. The summed E-state index contributed by atoms with van der Waals surface area (Å²) in [4.78, 5) is 11.6. The number of hydrogen-bond donors (Lipinski definition) is 1. The number of rotatable bonds is 3.